The summed E-state index contributed by atoms with van der Waals surface area (Å²) in [6.07, 6.45) is 0.522. The number of hydrogen-bond acceptors (Lipinski definition) is 7. The van der Waals surface area contributed by atoms with Crippen LogP contribution in [0.2, 0.25) is 0 Å². The zero-order valence-electron chi connectivity index (χ0n) is 19.1. The summed E-state index contributed by atoms with van der Waals surface area (Å²) >= 11 is 0. The van der Waals surface area contributed by atoms with E-state index in [1.54, 1.807) is 13.8 Å². The molecule has 0 unspecified atom stereocenters. The molecule has 14 heteroatoms. The fourth-order valence-electron chi connectivity index (χ4n) is 2.72. The molecular formula is C19H36N8O6. The lowest BCUT2D eigenvalue weighted by Gasteiger charge is -2.26. The van der Waals surface area contributed by atoms with Crippen molar-refractivity contribution in [2.24, 2.45) is 23.1 Å². The molecule has 4 amide bonds. The zero-order valence-corrected chi connectivity index (χ0v) is 19.1. The van der Waals surface area contributed by atoms with Gasteiger partial charge in [0.2, 0.25) is 23.6 Å². The molecule has 0 heterocycles. The average Bonchev–Trinajstić information content (AvgIpc) is 2.71. The summed E-state index contributed by atoms with van der Waals surface area (Å²) in [5.74, 6) is -4.72. The summed E-state index contributed by atoms with van der Waals surface area (Å²) in [5, 5.41) is 26.2. The number of nitrogens with two attached hydrogens (primary N) is 3. The van der Waals surface area contributed by atoms with E-state index in [-0.39, 0.29) is 24.8 Å². The summed E-state index contributed by atoms with van der Waals surface area (Å²) in [6.45, 7) is 5.15. The number of hydrogen-bond donors (Lipinski definition) is 9. The van der Waals surface area contributed by atoms with E-state index in [2.05, 4.69) is 21.3 Å². The van der Waals surface area contributed by atoms with Gasteiger partial charge >= 0.3 is 5.97 Å². The van der Waals surface area contributed by atoms with Crippen LogP contribution >= 0.6 is 0 Å². The van der Waals surface area contributed by atoms with E-state index in [4.69, 9.17) is 22.6 Å². The van der Waals surface area contributed by atoms with E-state index >= 15 is 0 Å². The molecule has 0 spiro atoms. The summed E-state index contributed by atoms with van der Waals surface area (Å²) in [4.78, 5) is 59.8. The van der Waals surface area contributed by atoms with Gasteiger partial charge in [-0.05, 0) is 25.7 Å². The molecule has 0 aliphatic rings. The number of aliphatic carboxylic acids is 1. The van der Waals surface area contributed by atoms with E-state index in [0.29, 0.717) is 12.8 Å². The number of amides is 4. The highest BCUT2D eigenvalue weighted by atomic mass is 16.4. The molecular weight excluding hydrogens is 436 g/mol. The van der Waals surface area contributed by atoms with Crippen molar-refractivity contribution in [1.29, 1.82) is 5.41 Å². The van der Waals surface area contributed by atoms with Gasteiger partial charge in [0.05, 0.1) is 12.5 Å². The molecule has 188 valence electrons. The first-order chi connectivity index (χ1) is 15.3. The van der Waals surface area contributed by atoms with E-state index < -0.39 is 60.2 Å². The number of rotatable bonds is 15. The van der Waals surface area contributed by atoms with Crippen molar-refractivity contribution in [3.63, 3.8) is 0 Å². The molecule has 0 aliphatic heterocycles. The largest absolute Gasteiger partial charge is 0.480 e. The summed E-state index contributed by atoms with van der Waals surface area (Å²) in [7, 11) is 0. The average molecular weight is 473 g/mol. The zero-order chi connectivity index (χ0) is 25.7. The van der Waals surface area contributed by atoms with Gasteiger partial charge in [-0.1, -0.05) is 20.3 Å². The van der Waals surface area contributed by atoms with Gasteiger partial charge in [0.15, 0.2) is 5.96 Å². The molecule has 0 bridgehead atoms. The molecule has 0 aliphatic carbocycles. The lowest BCUT2D eigenvalue weighted by Crippen LogP contribution is -2.58. The maximum absolute atomic E-state index is 12.7. The van der Waals surface area contributed by atoms with Gasteiger partial charge < -0.3 is 43.6 Å². The number of guanidine groups is 1. The molecule has 33 heavy (non-hydrogen) atoms. The number of primary amides is 1. The third-order valence-corrected chi connectivity index (χ3v) is 4.90. The Kier molecular flexibility index (Phi) is 13.1. The highest BCUT2D eigenvalue weighted by Crippen LogP contribution is 2.09. The van der Waals surface area contributed by atoms with Crippen LogP contribution in [0.1, 0.15) is 46.5 Å². The maximum atomic E-state index is 12.7. The fourth-order valence-corrected chi connectivity index (χ4v) is 2.72. The number of carboxylic acid groups (broad SMARTS) is 1. The summed E-state index contributed by atoms with van der Waals surface area (Å²) in [5.41, 5.74) is 15.8. The van der Waals surface area contributed by atoms with E-state index in [1.807, 2.05) is 0 Å². The minimum absolute atomic E-state index is 0.0747. The third kappa shape index (κ3) is 11.7. The third-order valence-electron chi connectivity index (χ3n) is 4.90. The molecule has 0 saturated carbocycles. The molecule has 0 saturated heterocycles. The highest BCUT2D eigenvalue weighted by Gasteiger charge is 2.31. The van der Waals surface area contributed by atoms with Crippen LogP contribution in [0.25, 0.3) is 0 Å². The molecule has 14 nitrogen and oxygen atoms in total. The van der Waals surface area contributed by atoms with Crippen molar-refractivity contribution in [2.75, 3.05) is 6.54 Å². The second kappa shape index (κ2) is 14.6. The Hall–Kier alpha value is -3.42. The minimum atomic E-state index is -1.25. The maximum Gasteiger partial charge on any atom is 0.326 e. The smallest absolute Gasteiger partial charge is 0.326 e. The predicted octanol–water partition coefficient (Wildman–Crippen LogP) is -2.94. The second-order valence-electron chi connectivity index (χ2n) is 7.76. The first kappa shape index (κ1) is 29.6. The fraction of sp³-hybridized carbons (Fsp3) is 0.684. The molecule has 0 aromatic heterocycles. The first-order valence-corrected chi connectivity index (χ1v) is 10.6. The lowest BCUT2D eigenvalue weighted by molar-refractivity contribution is -0.142. The Labute approximate surface area is 192 Å². The van der Waals surface area contributed by atoms with Crippen LogP contribution in [-0.4, -0.2) is 71.4 Å². The van der Waals surface area contributed by atoms with E-state index in [0.717, 1.165) is 0 Å². The number of nitrogens with one attached hydrogen (secondary N) is 5. The number of carbonyl (C=O) groups is 5. The number of carbonyl (C=O) groups excluding carboxylic acids is 4. The summed E-state index contributed by atoms with van der Waals surface area (Å²) < 4.78 is 0. The van der Waals surface area contributed by atoms with Crippen molar-refractivity contribution in [1.82, 2.24) is 21.3 Å². The highest BCUT2D eigenvalue weighted by molar-refractivity contribution is 5.95. The lowest BCUT2D eigenvalue weighted by atomic mass is 9.97. The van der Waals surface area contributed by atoms with Crippen molar-refractivity contribution in [3.05, 3.63) is 0 Å². The SMILES string of the molecule is CC[C@H](C)[C@H](NC(=O)[C@@H](N)CC(N)=O)C(=O)N[C@@H](C)C(=O)N[C@@H](CCCNC(=N)N)C(=O)O. The van der Waals surface area contributed by atoms with E-state index in [1.165, 1.54) is 6.92 Å². The monoisotopic (exact) mass is 472 g/mol. The topological polar surface area (TPSA) is 256 Å². The Bertz CT molecular complexity index is 731. The van der Waals surface area contributed by atoms with Crippen LogP contribution in [0.3, 0.4) is 0 Å². The Morgan fingerprint density at radius 3 is 2.06 bits per heavy atom. The van der Waals surface area contributed by atoms with Crippen LogP contribution in [0.4, 0.5) is 0 Å². The molecule has 0 rings (SSSR count). The quantitative estimate of drug-likeness (QED) is 0.0669. The van der Waals surface area contributed by atoms with Crippen LogP contribution < -0.4 is 38.5 Å². The second-order valence-corrected chi connectivity index (χ2v) is 7.76. The van der Waals surface area contributed by atoms with E-state index in [9.17, 15) is 29.1 Å². The molecule has 0 aromatic rings. The van der Waals surface area contributed by atoms with Gasteiger partial charge in [-0.25, -0.2) is 4.79 Å². The van der Waals surface area contributed by atoms with Crippen LogP contribution in [0, 0.1) is 11.3 Å². The van der Waals surface area contributed by atoms with Crippen molar-refractivity contribution >= 4 is 35.6 Å². The predicted molar refractivity (Wildman–Crippen MR) is 119 cm³/mol. The number of carboxylic acids is 1. The molecule has 0 fully saturated rings. The molecule has 0 radical (unpaired) electrons. The first-order valence-electron chi connectivity index (χ1n) is 10.6. The molecule has 5 atom stereocenters. The van der Waals surface area contributed by atoms with Gasteiger partial charge in [-0.15, -0.1) is 0 Å². The molecule has 0 aromatic carbocycles. The standard InChI is InChI=1S/C19H36N8O6/c1-4-9(2)14(27-16(30)11(20)8-13(21)28)17(31)25-10(3)15(29)26-12(18(32)33)6-5-7-24-19(22)23/h9-12,14H,4-8,20H2,1-3H3,(H2,21,28)(H,25,31)(H,26,29)(H,27,30)(H,32,33)(H4,22,23,24)/t9-,10-,11-,12-,14-/m0/s1. The van der Waals surface area contributed by atoms with Crippen molar-refractivity contribution in [3.8, 4) is 0 Å². The van der Waals surface area contributed by atoms with Crippen LogP contribution in [-0.2, 0) is 24.0 Å². The normalized spacial score (nSPS) is 15.2. The Morgan fingerprint density at radius 2 is 1.58 bits per heavy atom. The molecule has 12 N–H and O–H groups in total. The Balaban J connectivity index is 5.04. The summed E-state index contributed by atoms with van der Waals surface area (Å²) in [6, 6.07) is -4.57. The van der Waals surface area contributed by atoms with Gasteiger partial charge in [0, 0.05) is 6.54 Å². The van der Waals surface area contributed by atoms with Crippen LogP contribution in [0.15, 0.2) is 0 Å². The van der Waals surface area contributed by atoms with Gasteiger partial charge in [-0.2, -0.15) is 0 Å². The van der Waals surface area contributed by atoms with Gasteiger partial charge in [-0.3, -0.25) is 24.6 Å². The van der Waals surface area contributed by atoms with Gasteiger partial charge in [0.25, 0.3) is 0 Å². The minimum Gasteiger partial charge on any atom is -0.480 e. The Morgan fingerprint density at radius 1 is 0.970 bits per heavy atom. The van der Waals surface area contributed by atoms with Gasteiger partial charge in [0.1, 0.15) is 18.1 Å². The van der Waals surface area contributed by atoms with Crippen LogP contribution in [0.5, 0.6) is 0 Å². The van der Waals surface area contributed by atoms with Crippen molar-refractivity contribution < 1.29 is 29.1 Å². The van der Waals surface area contributed by atoms with Crippen molar-refractivity contribution in [2.45, 2.75) is 70.6 Å².